The summed E-state index contributed by atoms with van der Waals surface area (Å²) < 4.78 is 0. The molecule has 572 valence electrons. The number of benzene rings is 4. The van der Waals surface area contributed by atoms with Gasteiger partial charge >= 0.3 is 6.03 Å². The Labute approximate surface area is 617 Å². The van der Waals surface area contributed by atoms with Crippen molar-refractivity contribution < 1.29 is 77.6 Å². The molecule has 0 radical (unpaired) electrons. The molecule has 0 unspecified atom stereocenters. The van der Waals surface area contributed by atoms with Gasteiger partial charge in [-0.2, -0.15) is 0 Å². The summed E-state index contributed by atoms with van der Waals surface area (Å²) in [6, 6.07) is 13.5. The van der Waals surface area contributed by atoms with Crippen molar-refractivity contribution in [3.8, 4) is 5.75 Å². The Morgan fingerprint density at radius 2 is 1.05 bits per heavy atom. The number of nitrogens with one attached hydrogen (secondary N) is 10. The predicted molar refractivity (Wildman–Crippen MR) is 392 cm³/mol. The number of halogens is 1. The van der Waals surface area contributed by atoms with Crippen molar-refractivity contribution in [1.82, 2.24) is 63.1 Å². The number of pyridine rings is 1. The molecule has 34 heteroatoms. The van der Waals surface area contributed by atoms with Crippen LogP contribution in [0.25, 0.3) is 10.8 Å². The van der Waals surface area contributed by atoms with Gasteiger partial charge in [-0.25, -0.2) is 4.79 Å². The summed E-state index contributed by atoms with van der Waals surface area (Å²) in [5.74, 6) is -10.7. The zero-order valence-electron chi connectivity index (χ0n) is 59.6. The van der Waals surface area contributed by atoms with Gasteiger partial charge in [0.15, 0.2) is 5.96 Å². The number of carbonyl (C=O) groups excluding carboxylic acids is 12. The minimum atomic E-state index is -1.85. The zero-order valence-corrected chi connectivity index (χ0v) is 60.4. The highest BCUT2D eigenvalue weighted by Gasteiger charge is 2.40. The number of guanidine groups is 1. The molecule has 1 aliphatic rings. The van der Waals surface area contributed by atoms with E-state index in [1.165, 1.54) is 55.4 Å². The monoisotopic (exact) mass is 1490 g/mol. The summed E-state index contributed by atoms with van der Waals surface area (Å²) in [7, 11) is 0. The molecular weight excluding hydrogens is 1390 g/mol. The first kappa shape index (κ1) is 85.2. The number of carbonyl (C=O) groups is 13. The molecule has 0 bridgehead atoms. The summed E-state index contributed by atoms with van der Waals surface area (Å²) >= 11 is 6.23. The molecule has 1 aromatic heterocycles. The Balaban J connectivity index is 0.00000491. The van der Waals surface area contributed by atoms with E-state index < -0.39 is 144 Å². The average Bonchev–Trinajstić information content (AvgIpc) is 1.47. The van der Waals surface area contributed by atoms with Gasteiger partial charge in [0.05, 0.1) is 6.61 Å². The van der Waals surface area contributed by atoms with E-state index in [0.29, 0.717) is 33.7 Å². The zero-order chi connectivity index (χ0) is 78.2. The number of carboxylic acid groups (broad SMARTS) is 1. The molecular formula is C72H96ClN17O16. The molecule has 6 rings (SSSR count). The second-order valence-electron chi connectivity index (χ2n) is 25.9. The Morgan fingerprint density at radius 3 is 1.58 bits per heavy atom. The first-order valence-electron chi connectivity index (χ1n) is 34.4. The van der Waals surface area contributed by atoms with Crippen LogP contribution >= 0.6 is 11.6 Å². The maximum atomic E-state index is 14.9. The van der Waals surface area contributed by atoms with Crippen LogP contribution in [-0.2, 0) is 83.2 Å². The first-order chi connectivity index (χ1) is 50.3. The van der Waals surface area contributed by atoms with E-state index in [4.69, 9.17) is 44.4 Å². The van der Waals surface area contributed by atoms with E-state index in [1.54, 1.807) is 50.2 Å². The van der Waals surface area contributed by atoms with Crippen LogP contribution in [-0.4, -0.2) is 195 Å². The summed E-state index contributed by atoms with van der Waals surface area (Å²) in [4.78, 5) is 185. The molecule has 0 aliphatic carbocycles. The minimum Gasteiger partial charge on any atom is -0.508 e. The van der Waals surface area contributed by atoms with Crippen LogP contribution < -0.4 is 76.1 Å². The van der Waals surface area contributed by atoms with E-state index in [2.05, 4.69) is 63.1 Å². The SMILES string of the molecule is CC(=O)N[C@H](Cc1ccc2ccccc2c1)C(=O)N[C@@H](Cc1ccc(Cl)cc1)C(=O)N[C@H](Cc1cccnc1)C(=O)N[C@H](CO)C(=O)N[C@H](Cc1ccc(O)cc1)C(=O)N[C@H](CCCNC(N)=O)C(=O)N[C@@H](CC(C)C)C(=O)N[C@@H](CCCN=C(N)N)C(=O)N1CCC[C@H]1C(=O)N[C@H](C)C(N)=O.CC(=O)O. The number of aromatic nitrogens is 1. The number of hydrogen-bond acceptors (Lipinski definition) is 17. The molecule has 10 atom stereocenters. The molecule has 33 nitrogen and oxygen atoms in total. The van der Waals surface area contributed by atoms with Crippen molar-refractivity contribution in [1.29, 1.82) is 0 Å². The molecule has 4 aromatic carbocycles. The Kier molecular flexibility index (Phi) is 34.5. The number of aromatic hydroxyl groups is 1. The van der Waals surface area contributed by atoms with Gasteiger partial charge < -0.3 is 96.3 Å². The molecule has 13 amide bonds. The lowest BCUT2D eigenvalue weighted by atomic mass is 9.99. The summed E-state index contributed by atoms with van der Waals surface area (Å²) in [5, 5.41) is 57.0. The van der Waals surface area contributed by atoms with Gasteiger partial charge in [0, 0.05) is 76.6 Å². The maximum Gasteiger partial charge on any atom is 0.312 e. The van der Waals surface area contributed by atoms with Crippen LogP contribution in [0.2, 0.25) is 5.02 Å². The smallest absolute Gasteiger partial charge is 0.312 e. The Morgan fingerprint density at radius 1 is 0.566 bits per heavy atom. The fourth-order valence-corrected chi connectivity index (χ4v) is 11.5. The molecule has 1 fully saturated rings. The van der Waals surface area contributed by atoms with Gasteiger partial charge in [-0.15, -0.1) is 0 Å². The van der Waals surface area contributed by atoms with Gasteiger partial charge in [-0.05, 0) is 121 Å². The number of likely N-dealkylation sites (tertiary alicyclic amines) is 1. The molecule has 5 aromatic rings. The number of amides is 13. The largest absolute Gasteiger partial charge is 0.508 e. The number of aliphatic imine (C=N–C) groups is 1. The summed E-state index contributed by atoms with van der Waals surface area (Å²) in [5.41, 5.74) is 23.9. The number of phenols is 1. The third-order valence-corrected chi connectivity index (χ3v) is 16.9. The molecule has 0 saturated carbocycles. The van der Waals surface area contributed by atoms with Crippen LogP contribution in [0.3, 0.4) is 0 Å². The lowest BCUT2D eigenvalue weighted by molar-refractivity contribution is -0.142. The van der Waals surface area contributed by atoms with Crippen LogP contribution in [0.1, 0.15) is 102 Å². The second-order valence-corrected chi connectivity index (χ2v) is 26.3. The van der Waals surface area contributed by atoms with Crippen LogP contribution in [0, 0.1) is 5.92 Å². The minimum absolute atomic E-state index is 0.000209. The number of carboxylic acids is 1. The van der Waals surface area contributed by atoms with Gasteiger partial charge in [-0.3, -0.25) is 67.5 Å². The number of rotatable bonds is 38. The third-order valence-electron chi connectivity index (χ3n) is 16.7. The lowest BCUT2D eigenvalue weighted by Crippen LogP contribution is -2.61. The quantitative estimate of drug-likeness (QED) is 0.0133. The molecule has 1 saturated heterocycles. The molecule has 106 heavy (non-hydrogen) atoms. The van der Waals surface area contributed by atoms with Gasteiger partial charge in [-0.1, -0.05) is 98.2 Å². The van der Waals surface area contributed by atoms with Gasteiger partial charge in [0.1, 0.15) is 66.2 Å². The Hall–Kier alpha value is -11.5. The predicted octanol–water partition coefficient (Wildman–Crippen LogP) is -0.625. The lowest BCUT2D eigenvalue weighted by Gasteiger charge is -2.31. The van der Waals surface area contributed by atoms with Gasteiger partial charge in [0.25, 0.3) is 5.97 Å². The molecule has 21 N–H and O–H groups in total. The van der Waals surface area contributed by atoms with Crippen molar-refractivity contribution in [2.75, 3.05) is 26.2 Å². The highest BCUT2D eigenvalue weighted by Crippen LogP contribution is 2.22. The number of aliphatic carboxylic acids is 1. The standard InChI is InChI=1S/C70H92ClN17O14.C2H4O2/c1-39(2)31-52(61(94)82-51(15-9-28-77-69(73)74)68(101)88-30-10-16-58(88)67(100)79-40(3)59(72)92)83-60(93)50(14-8-29-78-70(75)102)81-63(96)54(34-43-20-25-49(91)26-21-43)86-66(99)57(38-89)87-65(98)56(36-45-11-7-27-76-37-45)85-64(97)55(33-42-18-23-48(71)24-19-42)84-62(95)53(80-41(4)90)35-44-17-22-46-12-5-6-13-47(46)32-44;1-2(3)4/h5-7,11-13,17-27,32,37,39-40,50-58,89,91H,8-10,14-16,28-31,33-36,38H2,1-4H3,(H2,72,92)(H,79,100)(H,80,90)(H,81,96)(H,82,94)(H,83,93)(H,84,95)(H,85,97)(H,86,99)(H,87,98)(H4,73,74,77)(H3,75,78,102);1H3,(H,3,4)/t40-,50-,51+,52+,53-,54-,55+,56-,57-,58+;/m1./s1. The van der Waals surface area contributed by atoms with Crippen molar-refractivity contribution in [2.24, 2.45) is 33.8 Å². The number of hydrogen-bond donors (Lipinski definition) is 17. The molecule has 1 aliphatic heterocycles. The normalized spacial score (nSPS) is 14.9. The van der Waals surface area contributed by atoms with Crippen molar-refractivity contribution in [2.45, 2.75) is 166 Å². The number of nitrogens with zero attached hydrogens (tertiary/aromatic N) is 3. The third kappa shape index (κ3) is 29.3. The highest BCUT2D eigenvalue weighted by molar-refractivity contribution is 6.30. The van der Waals surface area contributed by atoms with Crippen molar-refractivity contribution in [3.05, 3.63) is 143 Å². The number of nitrogens with two attached hydrogens (primary N) is 4. The van der Waals surface area contributed by atoms with E-state index in [9.17, 15) is 67.7 Å². The van der Waals surface area contributed by atoms with Crippen molar-refractivity contribution in [3.63, 3.8) is 0 Å². The average molecular weight is 1490 g/mol. The maximum absolute atomic E-state index is 14.9. The number of phenolic OH excluding ortho intramolecular Hbond substituents is 1. The Bertz CT molecular complexity index is 3880. The van der Waals surface area contributed by atoms with E-state index in [-0.39, 0.29) is 101 Å². The number of aliphatic hydroxyl groups excluding tert-OH is 1. The number of aliphatic hydroxyl groups is 1. The fraction of sp³-hybridized carbons (Fsp3) is 0.431. The fourth-order valence-electron chi connectivity index (χ4n) is 11.4. The van der Waals surface area contributed by atoms with Crippen molar-refractivity contribution >= 4 is 105 Å². The van der Waals surface area contributed by atoms with E-state index in [0.717, 1.165) is 17.7 Å². The van der Waals surface area contributed by atoms with Crippen LogP contribution in [0.5, 0.6) is 5.75 Å². The van der Waals surface area contributed by atoms with Crippen LogP contribution in [0.4, 0.5) is 4.79 Å². The number of primary amides is 2. The summed E-state index contributed by atoms with van der Waals surface area (Å²) in [6.07, 6.45) is 2.70. The highest BCUT2D eigenvalue weighted by atomic mass is 35.5. The second kappa shape index (κ2) is 43.0. The topological polar surface area (TPSA) is 535 Å². The number of urea groups is 1. The van der Waals surface area contributed by atoms with Gasteiger partial charge in [0.2, 0.25) is 65.0 Å². The first-order valence-corrected chi connectivity index (χ1v) is 34.8. The van der Waals surface area contributed by atoms with E-state index in [1.807, 2.05) is 42.5 Å². The van der Waals surface area contributed by atoms with Crippen LogP contribution in [0.15, 0.2) is 121 Å². The molecule has 0 spiro atoms. The number of fused-ring (bicyclic) bond motifs is 1. The summed E-state index contributed by atoms with van der Waals surface area (Å²) in [6.45, 7) is 6.23. The van der Waals surface area contributed by atoms with E-state index >= 15 is 0 Å². The molecule has 2 heterocycles.